The zero-order chi connectivity index (χ0) is 10.7. The van der Waals surface area contributed by atoms with Crippen LogP contribution in [0.25, 0.3) is 0 Å². The van der Waals surface area contributed by atoms with Gasteiger partial charge in [0.25, 0.3) is 0 Å². The van der Waals surface area contributed by atoms with Crippen molar-refractivity contribution < 1.29 is 4.74 Å². The Morgan fingerprint density at radius 1 is 1.33 bits per heavy atom. The van der Waals surface area contributed by atoms with Crippen LogP contribution in [0.1, 0.15) is 19.8 Å². The number of amidine groups is 1. The van der Waals surface area contributed by atoms with E-state index in [0.717, 1.165) is 51.6 Å². The van der Waals surface area contributed by atoms with E-state index in [1.165, 1.54) is 6.42 Å². The minimum absolute atomic E-state index is 0.654. The van der Waals surface area contributed by atoms with Gasteiger partial charge < -0.3 is 9.64 Å². The molecule has 0 spiro atoms. The second-order valence-corrected chi connectivity index (χ2v) is 4.34. The number of morpholine rings is 1. The fourth-order valence-electron chi connectivity index (χ4n) is 2.45. The van der Waals surface area contributed by atoms with Crippen molar-refractivity contribution in [3.63, 3.8) is 0 Å². The average molecular weight is 211 g/mol. The van der Waals surface area contributed by atoms with Gasteiger partial charge >= 0.3 is 0 Å². The van der Waals surface area contributed by atoms with Crippen LogP contribution in [-0.4, -0.2) is 61.1 Å². The van der Waals surface area contributed by atoms with E-state index in [1.54, 1.807) is 0 Å². The predicted octanol–water partition coefficient (Wildman–Crippen LogP) is 0.780. The zero-order valence-corrected chi connectivity index (χ0v) is 9.54. The molecule has 0 bridgehead atoms. The number of likely N-dealkylation sites (tertiary alicyclic amines) is 1. The molecule has 2 heterocycles. The number of nitrogens with zero attached hydrogens (tertiary/aromatic N) is 2. The molecule has 2 saturated heterocycles. The minimum atomic E-state index is 0.654. The second-order valence-electron chi connectivity index (χ2n) is 4.34. The number of rotatable bonds is 2. The molecular formula is C11H21N3O. The van der Waals surface area contributed by atoms with E-state index in [0.29, 0.717) is 6.04 Å². The maximum Gasteiger partial charge on any atom is 0.0955 e. The van der Waals surface area contributed by atoms with Gasteiger partial charge in [0.1, 0.15) is 0 Å². The first-order valence-electron chi connectivity index (χ1n) is 5.95. The molecule has 0 aromatic heterocycles. The van der Waals surface area contributed by atoms with E-state index in [-0.39, 0.29) is 0 Å². The first-order chi connectivity index (χ1) is 7.31. The van der Waals surface area contributed by atoms with Crippen LogP contribution in [0.5, 0.6) is 0 Å². The molecule has 0 aromatic carbocycles. The molecule has 0 saturated carbocycles. The molecule has 15 heavy (non-hydrogen) atoms. The molecule has 4 nitrogen and oxygen atoms in total. The Balaban J connectivity index is 1.83. The highest BCUT2D eigenvalue weighted by Crippen LogP contribution is 2.17. The predicted molar refractivity (Wildman–Crippen MR) is 60.4 cm³/mol. The molecule has 2 aliphatic rings. The molecule has 2 rings (SSSR count). The Kier molecular flexibility index (Phi) is 3.59. The highest BCUT2D eigenvalue weighted by atomic mass is 16.5. The van der Waals surface area contributed by atoms with Crippen molar-refractivity contribution in [3.05, 3.63) is 0 Å². The summed E-state index contributed by atoms with van der Waals surface area (Å²) in [6.45, 7) is 8.06. The molecule has 0 aliphatic carbocycles. The monoisotopic (exact) mass is 211 g/mol. The van der Waals surface area contributed by atoms with Crippen LogP contribution in [0, 0.1) is 5.41 Å². The summed E-state index contributed by atoms with van der Waals surface area (Å²) in [5.41, 5.74) is 0. The average Bonchev–Trinajstić information content (AvgIpc) is 2.78. The fraction of sp³-hybridized carbons (Fsp3) is 0.909. The standard InChI is InChI=1S/C11H21N3O/c1-2-11(12)14-4-3-10(9-14)13-5-7-15-8-6-13/h10,12H,2-9H2,1H3. The fourth-order valence-corrected chi connectivity index (χ4v) is 2.45. The van der Waals surface area contributed by atoms with Crippen LogP contribution in [0.3, 0.4) is 0 Å². The van der Waals surface area contributed by atoms with E-state index < -0.39 is 0 Å². The van der Waals surface area contributed by atoms with Crippen molar-refractivity contribution in [1.82, 2.24) is 9.80 Å². The number of nitrogens with one attached hydrogen (secondary N) is 1. The number of ether oxygens (including phenoxy) is 1. The van der Waals surface area contributed by atoms with Crippen LogP contribution in [0.2, 0.25) is 0 Å². The van der Waals surface area contributed by atoms with Crippen LogP contribution in [0.4, 0.5) is 0 Å². The molecule has 1 atom stereocenters. The molecule has 4 heteroatoms. The van der Waals surface area contributed by atoms with Gasteiger partial charge in [-0.2, -0.15) is 0 Å². The van der Waals surface area contributed by atoms with E-state index >= 15 is 0 Å². The maximum atomic E-state index is 7.82. The molecule has 2 fully saturated rings. The van der Waals surface area contributed by atoms with E-state index in [9.17, 15) is 0 Å². The van der Waals surface area contributed by atoms with Crippen LogP contribution < -0.4 is 0 Å². The summed E-state index contributed by atoms with van der Waals surface area (Å²) in [5, 5.41) is 7.82. The Hall–Kier alpha value is -0.610. The SMILES string of the molecule is CCC(=N)N1CCC(N2CCOCC2)C1. The van der Waals surface area contributed by atoms with Crippen molar-refractivity contribution in [2.24, 2.45) is 0 Å². The van der Waals surface area contributed by atoms with Crippen molar-refractivity contribution in [2.75, 3.05) is 39.4 Å². The van der Waals surface area contributed by atoms with Crippen molar-refractivity contribution in [3.8, 4) is 0 Å². The highest BCUT2D eigenvalue weighted by molar-refractivity contribution is 5.79. The largest absolute Gasteiger partial charge is 0.379 e. The molecule has 1 unspecified atom stereocenters. The van der Waals surface area contributed by atoms with Gasteiger partial charge in [0.15, 0.2) is 0 Å². The Morgan fingerprint density at radius 2 is 2.07 bits per heavy atom. The normalized spacial score (nSPS) is 28.3. The molecular weight excluding hydrogens is 190 g/mol. The van der Waals surface area contributed by atoms with Gasteiger partial charge in [-0.05, 0) is 6.42 Å². The summed E-state index contributed by atoms with van der Waals surface area (Å²) in [6, 6.07) is 0.654. The quantitative estimate of drug-likeness (QED) is 0.542. The smallest absolute Gasteiger partial charge is 0.0955 e. The van der Waals surface area contributed by atoms with Crippen molar-refractivity contribution in [2.45, 2.75) is 25.8 Å². The van der Waals surface area contributed by atoms with Crippen LogP contribution in [-0.2, 0) is 4.74 Å². The lowest BCUT2D eigenvalue weighted by Gasteiger charge is -2.32. The Bertz CT molecular complexity index is 226. The molecule has 0 aromatic rings. The van der Waals surface area contributed by atoms with Gasteiger partial charge in [0.2, 0.25) is 0 Å². The molecule has 0 radical (unpaired) electrons. The number of hydrogen-bond acceptors (Lipinski definition) is 3. The molecule has 2 aliphatic heterocycles. The third-order valence-corrected chi connectivity index (χ3v) is 3.44. The molecule has 0 amide bonds. The molecule has 86 valence electrons. The van der Waals surface area contributed by atoms with Gasteiger partial charge in [0, 0.05) is 38.6 Å². The van der Waals surface area contributed by atoms with Gasteiger partial charge in [-0.25, -0.2) is 0 Å². The second kappa shape index (κ2) is 4.94. The first kappa shape index (κ1) is 10.9. The number of hydrogen-bond donors (Lipinski definition) is 1. The summed E-state index contributed by atoms with van der Waals surface area (Å²) in [5.74, 6) is 0.797. The maximum absolute atomic E-state index is 7.82. The van der Waals surface area contributed by atoms with Gasteiger partial charge in [0.05, 0.1) is 19.0 Å². The zero-order valence-electron chi connectivity index (χ0n) is 9.54. The lowest BCUT2D eigenvalue weighted by atomic mass is 10.2. The topological polar surface area (TPSA) is 39.6 Å². The first-order valence-corrected chi connectivity index (χ1v) is 5.95. The van der Waals surface area contributed by atoms with E-state index in [4.69, 9.17) is 10.1 Å². The summed E-state index contributed by atoms with van der Waals surface area (Å²) in [6.07, 6.45) is 2.07. The Labute approximate surface area is 91.7 Å². The molecule has 1 N–H and O–H groups in total. The summed E-state index contributed by atoms with van der Waals surface area (Å²) >= 11 is 0. The lowest BCUT2D eigenvalue weighted by molar-refractivity contribution is 0.0195. The van der Waals surface area contributed by atoms with Crippen LogP contribution in [0.15, 0.2) is 0 Å². The lowest BCUT2D eigenvalue weighted by Crippen LogP contribution is -2.45. The van der Waals surface area contributed by atoms with E-state index in [1.807, 2.05) is 0 Å². The summed E-state index contributed by atoms with van der Waals surface area (Å²) in [4.78, 5) is 4.74. The Morgan fingerprint density at radius 3 is 2.73 bits per heavy atom. The van der Waals surface area contributed by atoms with Gasteiger partial charge in [-0.1, -0.05) is 6.92 Å². The highest BCUT2D eigenvalue weighted by Gasteiger charge is 2.29. The summed E-state index contributed by atoms with van der Waals surface area (Å²) in [7, 11) is 0. The summed E-state index contributed by atoms with van der Waals surface area (Å²) < 4.78 is 5.36. The van der Waals surface area contributed by atoms with E-state index in [2.05, 4.69) is 16.7 Å². The van der Waals surface area contributed by atoms with Crippen molar-refractivity contribution in [1.29, 1.82) is 5.41 Å². The third-order valence-electron chi connectivity index (χ3n) is 3.44. The van der Waals surface area contributed by atoms with Crippen molar-refractivity contribution >= 4 is 5.84 Å². The van der Waals surface area contributed by atoms with Crippen LogP contribution >= 0.6 is 0 Å². The third kappa shape index (κ3) is 2.49. The minimum Gasteiger partial charge on any atom is -0.379 e. The van der Waals surface area contributed by atoms with Gasteiger partial charge in [-0.3, -0.25) is 10.3 Å². The van der Waals surface area contributed by atoms with Gasteiger partial charge in [-0.15, -0.1) is 0 Å².